The van der Waals surface area contributed by atoms with Crippen LogP contribution < -0.4 is 11.2 Å². The number of ether oxygens (including phenoxy) is 1. The summed E-state index contributed by atoms with van der Waals surface area (Å²) in [4.78, 5) is 0. The van der Waals surface area contributed by atoms with Gasteiger partial charge in [0.25, 0.3) is 0 Å². The molecule has 0 radical (unpaired) electrons. The number of hydrogen-bond donors (Lipinski definition) is 3. The number of alkyl halides is 3. The van der Waals surface area contributed by atoms with Gasteiger partial charge in [0, 0.05) is 5.92 Å². The van der Waals surface area contributed by atoms with Crippen LogP contribution in [-0.2, 0) is 4.74 Å². The van der Waals surface area contributed by atoms with Crippen LogP contribution in [0, 0.1) is 17.2 Å². The minimum atomic E-state index is -4.67. The van der Waals surface area contributed by atoms with E-state index in [2.05, 4.69) is 10.5 Å². The van der Waals surface area contributed by atoms with Crippen LogP contribution >= 0.6 is 0 Å². The number of hydrogen-bond acceptors (Lipinski definition) is 6. The average molecular weight is 324 g/mol. The molecular formula is C14H11F3N4O2. The summed E-state index contributed by atoms with van der Waals surface area (Å²) in [7, 11) is 0. The van der Waals surface area contributed by atoms with E-state index in [0.29, 0.717) is 5.56 Å². The van der Waals surface area contributed by atoms with E-state index in [9.17, 15) is 23.5 Å². The van der Waals surface area contributed by atoms with Crippen molar-refractivity contribution in [1.82, 2.24) is 5.43 Å². The molecule has 0 amide bonds. The van der Waals surface area contributed by atoms with Crippen molar-refractivity contribution in [2.45, 2.75) is 18.3 Å². The molecule has 6 nitrogen and oxygen atoms in total. The summed E-state index contributed by atoms with van der Waals surface area (Å²) in [5.41, 5.74) is 7.19. The first kappa shape index (κ1) is 15.0. The molecule has 4 N–H and O–H groups in total. The van der Waals surface area contributed by atoms with E-state index in [4.69, 9.17) is 10.5 Å². The first-order valence-corrected chi connectivity index (χ1v) is 6.58. The van der Waals surface area contributed by atoms with Crippen molar-refractivity contribution in [1.29, 1.82) is 5.26 Å². The molecule has 2 heterocycles. The number of fused-ring (bicyclic) bond motifs is 1. The van der Waals surface area contributed by atoms with Gasteiger partial charge in [-0.05, 0) is 17.7 Å². The zero-order valence-corrected chi connectivity index (χ0v) is 11.5. The normalized spacial score (nSPS) is 26.7. The molecule has 3 unspecified atom stereocenters. The lowest BCUT2D eigenvalue weighted by Crippen LogP contribution is -2.45. The van der Waals surface area contributed by atoms with Gasteiger partial charge in [-0.1, -0.05) is 12.1 Å². The Morgan fingerprint density at radius 3 is 2.52 bits per heavy atom. The number of halogens is 3. The number of nitriles is 1. The highest BCUT2D eigenvalue weighted by Crippen LogP contribution is 2.45. The van der Waals surface area contributed by atoms with E-state index in [1.54, 1.807) is 0 Å². The van der Waals surface area contributed by atoms with Crippen LogP contribution in [0.3, 0.4) is 0 Å². The Morgan fingerprint density at radius 1 is 1.30 bits per heavy atom. The van der Waals surface area contributed by atoms with E-state index in [1.165, 1.54) is 24.3 Å². The van der Waals surface area contributed by atoms with Crippen molar-refractivity contribution in [2.75, 3.05) is 0 Å². The molecule has 1 aromatic carbocycles. The molecule has 1 aromatic rings. The molecule has 2 aliphatic heterocycles. The van der Waals surface area contributed by atoms with Crippen LogP contribution in [0.4, 0.5) is 13.2 Å². The Hall–Kier alpha value is -2.89. The molecule has 0 spiro atoms. The number of aromatic hydroxyl groups is 1. The number of benzene rings is 1. The summed E-state index contributed by atoms with van der Waals surface area (Å²) < 4.78 is 44.8. The summed E-state index contributed by atoms with van der Waals surface area (Å²) in [5.74, 6) is -2.50. The number of hydrazone groups is 1. The van der Waals surface area contributed by atoms with Crippen molar-refractivity contribution < 1.29 is 23.0 Å². The summed E-state index contributed by atoms with van der Waals surface area (Å²) in [6, 6.07) is 7.37. The number of phenols is 1. The second kappa shape index (κ2) is 5.08. The Labute approximate surface area is 128 Å². The van der Waals surface area contributed by atoms with Gasteiger partial charge in [-0.25, -0.2) is 0 Å². The van der Waals surface area contributed by atoms with Crippen molar-refractivity contribution in [3.8, 4) is 11.8 Å². The number of nitrogens with two attached hydrogens (primary N) is 1. The maximum Gasteiger partial charge on any atom is 0.431 e. The third-order valence-corrected chi connectivity index (χ3v) is 3.81. The minimum Gasteiger partial charge on any atom is -0.508 e. The van der Waals surface area contributed by atoms with Gasteiger partial charge in [-0.15, -0.1) is 0 Å². The van der Waals surface area contributed by atoms with Gasteiger partial charge in [0.2, 0.25) is 5.88 Å². The number of phenolic OH excluding ortho intramolecular Hbond substituents is 1. The molecule has 3 atom stereocenters. The van der Waals surface area contributed by atoms with E-state index in [1.807, 2.05) is 6.07 Å². The maximum absolute atomic E-state index is 13.2. The zero-order valence-electron chi connectivity index (χ0n) is 11.5. The first-order chi connectivity index (χ1) is 10.8. The predicted molar refractivity (Wildman–Crippen MR) is 72.7 cm³/mol. The zero-order chi connectivity index (χ0) is 16.8. The van der Waals surface area contributed by atoms with Crippen molar-refractivity contribution in [3.05, 3.63) is 41.3 Å². The summed E-state index contributed by atoms with van der Waals surface area (Å²) in [5, 5.41) is 22.0. The number of rotatable bonds is 1. The molecule has 9 heteroatoms. The monoisotopic (exact) mass is 324 g/mol. The first-order valence-electron chi connectivity index (χ1n) is 6.58. The van der Waals surface area contributed by atoms with Gasteiger partial charge in [0.1, 0.15) is 11.8 Å². The third kappa shape index (κ3) is 2.42. The lowest BCUT2D eigenvalue weighted by Gasteiger charge is -2.34. The molecule has 23 heavy (non-hydrogen) atoms. The molecule has 120 valence electrons. The molecule has 0 aromatic heterocycles. The largest absolute Gasteiger partial charge is 0.508 e. The standard InChI is InChI=1S/C14H11F3N4O2/c15-14(16,17)11-10-9(6-1-3-7(22)4-2-6)8(5-18)12(19)23-13(10)21-20-11/h1-4,9-10,13,21-22H,19H2. The highest BCUT2D eigenvalue weighted by Gasteiger charge is 2.55. The highest BCUT2D eigenvalue weighted by atomic mass is 19.4. The highest BCUT2D eigenvalue weighted by molar-refractivity contribution is 5.94. The molecule has 0 bridgehead atoms. The molecule has 0 saturated heterocycles. The van der Waals surface area contributed by atoms with Gasteiger partial charge >= 0.3 is 6.18 Å². The quantitative estimate of drug-likeness (QED) is 0.729. The second-order valence-corrected chi connectivity index (χ2v) is 5.15. The Bertz CT molecular complexity index is 734. The SMILES string of the molecule is N#CC1=C(N)OC2NN=C(C(F)(F)F)C2C1c1ccc(O)cc1. The van der Waals surface area contributed by atoms with Crippen molar-refractivity contribution in [3.63, 3.8) is 0 Å². The average Bonchev–Trinajstić information content (AvgIpc) is 2.90. The molecule has 0 saturated carbocycles. The third-order valence-electron chi connectivity index (χ3n) is 3.81. The van der Waals surface area contributed by atoms with E-state index >= 15 is 0 Å². The number of allylic oxidation sites excluding steroid dienone is 1. The fraction of sp³-hybridized carbons (Fsp3) is 0.286. The van der Waals surface area contributed by atoms with Gasteiger partial charge in [0.05, 0.1) is 11.5 Å². The van der Waals surface area contributed by atoms with Gasteiger partial charge in [-0.3, -0.25) is 5.43 Å². The van der Waals surface area contributed by atoms with E-state index in [-0.39, 0.29) is 17.2 Å². The minimum absolute atomic E-state index is 0.0397. The molecule has 3 rings (SSSR count). The van der Waals surface area contributed by atoms with Crippen LogP contribution in [0.5, 0.6) is 5.75 Å². The van der Waals surface area contributed by atoms with Gasteiger partial charge < -0.3 is 15.6 Å². The van der Waals surface area contributed by atoms with Crippen LogP contribution in [-0.4, -0.2) is 23.2 Å². The summed E-state index contributed by atoms with van der Waals surface area (Å²) >= 11 is 0. The molecule has 0 aliphatic carbocycles. The number of nitrogens with one attached hydrogen (secondary N) is 1. The van der Waals surface area contributed by atoms with Crippen LogP contribution in [0.2, 0.25) is 0 Å². The second-order valence-electron chi connectivity index (χ2n) is 5.15. The van der Waals surface area contributed by atoms with Crippen LogP contribution in [0.1, 0.15) is 11.5 Å². The molecule has 0 fully saturated rings. The fourth-order valence-corrected chi connectivity index (χ4v) is 2.83. The maximum atomic E-state index is 13.2. The lowest BCUT2D eigenvalue weighted by atomic mass is 9.76. The Morgan fingerprint density at radius 2 is 1.96 bits per heavy atom. The molecular weight excluding hydrogens is 313 g/mol. The molecule has 2 aliphatic rings. The lowest BCUT2D eigenvalue weighted by molar-refractivity contribution is -0.0661. The van der Waals surface area contributed by atoms with Crippen molar-refractivity contribution >= 4 is 5.71 Å². The fourth-order valence-electron chi connectivity index (χ4n) is 2.83. The van der Waals surface area contributed by atoms with E-state index < -0.39 is 30.0 Å². The Balaban J connectivity index is 2.13. The predicted octanol–water partition coefficient (Wildman–Crippen LogP) is 1.66. The smallest absolute Gasteiger partial charge is 0.431 e. The van der Waals surface area contributed by atoms with Crippen LogP contribution in [0.25, 0.3) is 0 Å². The van der Waals surface area contributed by atoms with Gasteiger partial charge in [-0.2, -0.15) is 23.5 Å². The Kier molecular flexibility index (Phi) is 3.32. The van der Waals surface area contributed by atoms with Crippen LogP contribution in [0.15, 0.2) is 40.8 Å². The van der Waals surface area contributed by atoms with Crippen molar-refractivity contribution in [2.24, 2.45) is 16.8 Å². The summed E-state index contributed by atoms with van der Waals surface area (Å²) in [6.07, 6.45) is -5.78. The number of nitrogens with zero attached hydrogens (tertiary/aromatic N) is 2. The summed E-state index contributed by atoms with van der Waals surface area (Å²) in [6.45, 7) is 0. The van der Waals surface area contributed by atoms with E-state index in [0.717, 1.165) is 0 Å². The van der Waals surface area contributed by atoms with Gasteiger partial charge in [0.15, 0.2) is 11.9 Å². The topological polar surface area (TPSA) is 104 Å².